The summed E-state index contributed by atoms with van der Waals surface area (Å²) in [6.45, 7) is 2.26. The largest absolute Gasteiger partial charge is 0.464 e. The molecule has 116 valence electrons. The van der Waals surface area contributed by atoms with E-state index in [-0.39, 0.29) is 12.0 Å². The number of carbonyl (C=O) groups is 1. The normalized spacial score (nSPS) is 17.2. The van der Waals surface area contributed by atoms with Gasteiger partial charge >= 0.3 is 5.97 Å². The van der Waals surface area contributed by atoms with Crippen LogP contribution in [0.2, 0.25) is 5.02 Å². The fraction of sp³-hybridized carbons (Fsp3) is 0.588. The lowest BCUT2D eigenvalue weighted by Crippen LogP contribution is -2.34. The Morgan fingerprint density at radius 3 is 2.81 bits per heavy atom. The minimum absolute atomic E-state index is 0.164. The molecule has 0 aromatic heterocycles. The van der Waals surface area contributed by atoms with E-state index >= 15 is 0 Å². The summed E-state index contributed by atoms with van der Waals surface area (Å²) in [6, 6.07) is 7.19. The number of benzene rings is 1. The van der Waals surface area contributed by atoms with Gasteiger partial charge in [-0.05, 0) is 37.5 Å². The zero-order chi connectivity index (χ0) is 15.1. The molecule has 0 saturated heterocycles. The first-order chi connectivity index (χ1) is 10.2. The maximum absolute atomic E-state index is 12.2. The van der Waals surface area contributed by atoms with Crippen LogP contribution in [0.4, 0.5) is 5.69 Å². The predicted octanol–water partition coefficient (Wildman–Crippen LogP) is 4.65. The summed E-state index contributed by atoms with van der Waals surface area (Å²) in [5, 5.41) is 3.96. The van der Waals surface area contributed by atoms with Crippen LogP contribution < -0.4 is 5.32 Å². The Morgan fingerprint density at radius 2 is 2.14 bits per heavy atom. The summed E-state index contributed by atoms with van der Waals surface area (Å²) in [7, 11) is 0. The molecule has 1 N–H and O–H groups in total. The molecule has 0 spiro atoms. The van der Waals surface area contributed by atoms with Gasteiger partial charge in [-0.2, -0.15) is 0 Å². The Labute approximate surface area is 132 Å². The van der Waals surface area contributed by atoms with Gasteiger partial charge in [0.1, 0.15) is 6.04 Å². The van der Waals surface area contributed by atoms with E-state index in [4.69, 9.17) is 16.3 Å². The minimum atomic E-state index is -0.286. The zero-order valence-electron chi connectivity index (χ0n) is 12.6. The first-order valence-electron chi connectivity index (χ1n) is 7.87. The smallest absolute Gasteiger partial charge is 0.328 e. The van der Waals surface area contributed by atoms with Crippen LogP contribution in [0.15, 0.2) is 24.3 Å². The van der Waals surface area contributed by atoms with Gasteiger partial charge < -0.3 is 10.1 Å². The molecule has 1 aromatic rings. The summed E-state index contributed by atoms with van der Waals surface area (Å²) in [5.74, 6) is 0.447. The molecule has 1 aliphatic carbocycles. The Balaban J connectivity index is 2.02. The standard InChI is InChI=1S/C17H24ClNO2/c1-2-21-17(20)16(11-13-7-4-3-5-8-13)19-15-10-6-9-14(18)12-15/h6,9-10,12-13,16,19H,2-5,7-8,11H2,1H3. The van der Waals surface area contributed by atoms with Gasteiger partial charge in [0.15, 0.2) is 0 Å². The van der Waals surface area contributed by atoms with Crippen LogP contribution in [-0.4, -0.2) is 18.6 Å². The van der Waals surface area contributed by atoms with Crippen molar-refractivity contribution in [2.24, 2.45) is 5.92 Å². The van der Waals surface area contributed by atoms with Gasteiger partial charge in [0.05, 0.1) is 6.61 Å². The lowest BCUT2D eigenvalue weighted by molar-refractivity contribution is -0.144. The van der Waals surface area contributed by atoms with Crippen molar-refractivity contribution in [3.63, 3.8) is 0 Å². The summed E-state index contributed by atoms with van der Waals surface area (Å²) in [5.41, 5.74) is 0.872. The van der Waals surface area contributed by atoms with Crippen molar-refractivity contribution in [2.75, 3.05) is 11.9 Å². The Bertz CT molecular complexity index is 458. The molecule has 1 fully saturated rings. The molecule has 1 aromatic carbocycles. The highest BCUT2D eigenvalue weighted by Crippen LogP contribution is 2.28. The van der Waals surface area contributed by atoms with Gasteiger partial charge in [0, 0.05) is 10.7 Å². The van der Waals surface area contributed by atoms with Crippen molar-refractivity contribution in [3.05, 3.63) is 29.3 Å². The van der Waals surface area contributed by atoms with Crippen LogP contribution in [0.25, 0.3) is 0 Å². The maximum Gasteiger partial charge on any atom is 0.328 e. The second-order valence-electron chi connectivity index (χ2n) is 5.70. The van der Waals surface area contributed by atoms with E-state index in [0.29, 0.717) is 17.5 Å². The van der Waals surface area contributed by atoms with Gasteiger partial charge in [-0.3, -0.25) is 0 Å². The summed E-state index contributed by atoms with van der Waals surface area (Å²) >= 11 is 6.00. The molecule has 4 heteroatoms. The molecule has 1 saturated carbocycles. The average molecular weight is 310 g/mol. The fourth-order valence-corrected chi connectivity index (χ4v) is 3.18. The minimum Gasteiger partial charge on any atom is -0.464 e. The molecule has 3 nitrogen and oxygen atoms in total. The number of hydrogen-bond donors (Lipinski definition) is 1. The Kier molecular flexibility index (Phi) is 6.37. The van der Waals surface area contributed by atoms with E-state index in [2.05, 4.69) is 5.32 Å². The SMILES string of the molecule is CCOC(=O)C(CC1CCCCC1)Nc1cccc(Cl)c1. The van der Waals surface area contributed by atoms with Gasteiger partial charge in [0.2, 0.25) is 0 Å². The number of ether oxygens (including phenoxy) is 1. The molecule has 0 bridgehead atoms. The Hall–Kier alpha value is -1.22. The van der Waals surface area contributed by atoms with E-state index in [1.165, 1.54) is 32.1 Å². The number of halogens is 1. The number of rotatable bonds is 6. The second-order valence-corrected chi connectivity index (χ2v) is 6.14. The second kappa shape index (κ2) is 8.28. The first kappa shape index (κ1) is 16.2. The highest BCUT2D eigenvalue weighted by Gasteiger charge is 2.25. The molecule has 1 unspecified atom stereocenters. The van der Waals surface area contributed by atoms with E-state index < -0.39 is 0 Å². The van der Waals surface area contributed by atoms with Crippen molar-refractivity contribution in [2.45, 2.75) is 51.5 Å². The third-order valence-corrected chi connectivity index (χ3v) is 4.27. The number of nitrogens with one attached hydrogen (secondary N) is 1. The van der Waals surface area contributed by atoms with Crippen LogP contribution in [0.5, 0.6) is 0 Å². The first-order valence-corrected chi connectivity index (χ1v) is 8.25. The number of esters is 1. The lowest BCUT2D eigenvalue weighted by atomic mass is 9.85. The number of anilines is 1. The van der Waals surface area contributed by atoms with Crippen molar-refractivity contribution >= 4 is 23.3 Å². The molecule has 0 radical (unpaired) electrons. The highest BCUT2D eigenvalue weighted by atomic mass is 35.5. The lowest BCUT2D eigenvalue weighted by Gasteiger charge is -2.26. The van der Waals surface area contributed by atoms with Crippen molar-refractivity contribution in [1.29, 1.82) is 0 Å². The van der Waals surface area contributed by atoms with Crippen LogP contribution in [0.3, 0.4) is 0 Å². The average Bonchev–Trinajstić information content (AvgIpc) is 2.48. The molecule has 2 rings (SSSR count). The molecule has 1 atom stereocenters. The molecule has 0 amide bonds. The third kappa shape index (κ3) is 5.24. The molecule has 0 aliphatic heterocycles. The summed E-state index contributed by atoms with van der Waals surface area (Å²) in [6.07, 6.45) is 7.14. The predicted molar refractivity (Wildman–Crippen MR) is 86.7 cm³/mol. The van der Waals surface area contributed by atoms with E-state index in [1.54, 1.807) is 0 Å². The van der Waals surface area contributed by atoms with Crippen molar-refractivity contribution in [3.8, 4) is 0 Å². The maximum atomic E-state index is 12.2. The third-order valence-electron chi connectivity index (χ3n) is 4.03. The highest BCUT2D eigenvalue weighted by molar-refractivity contribution is 6.30. The van der Waals surface area contributed by atoms with Gasteiger partial charge in [-0.1, -0.05) is 49.8 Å². The Morgan fingerprint density at radius 1 is 1.38 bits per heavy atom. The van der Waals surface area contributed by atoms with Crippen LogP contribution >= 0.6 is 11.6 Å². The molecule has 1 aliphatic rings. The van der Waals surface area contributed by atoms with E-state index in [9.17, 15) is 4.79 Å². The van der Waals surface area contributed by atoms with Crippen LogP contribution in [0.1, 0.15) is 45.4 Å². The topological polar surface area (TPSA) is 38.3 Å². The zero-order valence-corrected chi connectivity index (χ0v) is 13.4. The van der Waals surface area contributed by atoms with E-state index in [1.807, 2.05) is 31.2 Å². The molecular formula is C17H24ClNO2. The number of carbonyl (C=O) groups excluding carboxylic acids is 1. The van der Waals surface area contributed by atoms with Crippen LogP contribution in [-0.2, 0) is 9.53 Å². The van der Waals surface area contributed by atoms with Gasteiger partial charge in [-0.25, -0.2) is 4.79 Å². The fourth-order valence-electron chi connectivity index (χ4n) is 2.99. The summed E-state index contributed by atoms with van der Waals surface area (Å²) < 4.78 is 5.21. The van der Waals surface area contributed by atoms with Crippen LogP contribution in [0, 0.1) is 5.92 Å². The van der Waals surface area contributed by atoms with Crippen molar-refractivity contribution in [1.82, 2.24) is 0 Å². The molecule has 21 heavy (non-hydrogen) atoms. The number of hydrogen-bond acceptors (Lipinski definition) is 3. The molecular weight excluding hydrogens is 286 g/mol. The monoisotopic (exact) mass is 309 g/mol. The summed E-state index contributed by atoms with van der Waals surface area (Å²) in [4.78, 5) is 12.2. The van der Waals surface area contributed by atoms with Gasteiger partial charge in [0.25, 0.3) is 0 Å². The van der Waals surface area contributed by atoms with E-state index in [0.717, 1.165) is 12.1 Å². The quantitative estimate of drug-likeness (QED) is 0.777. The van der Waals surface area contributed by atoms with Gasteiger partial charge in [-0.15, -0.1) is 0 Å². The van der Waals surface area contributed by atoms with Crippen molar-refractivity contribution < 1.29 is 9.53 Å². The molecule has 0 heterocycles.